The first-order chi connectivity index (χ1) is 9.36. The number of benzene rings is 1. The van der Waals surface area contributed by atoms with Gasteiger partial charge in [-0.05, 0) is 0 Å². The average molecular weight is 284 g/mol. The fourth-order valence-corrected chi connectivity index (χ4v) is 2.08. The van der Waals surface area contributed by atoms with E-state index in [1.807, 2.05) is 0 Å². The maximum absolute atomic E-state index is 9.65. The molecule has 110 valence electrons. The number of nitrogens with two attached hydrogens (primary N) is 4. The van der Waals surface area contributed by atoms with Crippen molar-refractivity contribution >= 4 is 23.0 Å². The lowest BCUT2D eigenvalue weighted by atomic mass is 10.1. The summed E-state index contributed by atoms with van der Waals surface area (Å²) in [5.41, 5.74) is 23.5. The molecule has 0 atom stereocenters. The number of hydrogen-bond acceptors (Lipinski definition) is 10. The topological polar surface area (TPSA) is 169 Å². The second-order valence-electron chi connectivity index (χ2n) is 3.99. The minimum absolute atomic E-state index is 0.0705. The quantitative estimate of drug-likeness (QED) is 0.312. The summed E-state index contributed by atoms with van der Waals surface area (Å²) >= 11 is 0. The molecular formula is C10H16N6O4. The molecule has 1 aromatic carbocycles. The van der Waals surface area contributed by atoms with Crippen molar-refractivity contribution in [3.8, 4) is 11.5 Å². The van der Waals surface area contributed by atoms with Crippen molar-refractivity contribution in [2.45, 2.75) is 0 Å². The molecule has 0 saturated carbocycles. The summed E-state index contributed by atoms with van der Waals surface area (Å²) in [6.07, 6.45) is 0. The van der Waals surface area contributed by atoms with Gasteiger partial charge in [0, 0.05) is 0 Å². The molecule has 10 heteroatoms. The summed E-state index contributed by atoms with van der Waals surface area (Å²) in [7, 11) is 2.75. The van der Waals surface area contributed by atoms with E-state index in [1.165, 1.54) is 14.2 Å². The van der Waals surface area contributed by atoms with E-state index in [-0.39, 0.29) is 55.3 Å². The molecule has 2 rings (SSSR count). The Balaban J connectivity index is 3.12. The Hall–Kier alpha value is -2.72. The molecule has 0 saturated heterocycles. The Labute approximate surface area is 113 Å². The predicted octanol–water partition coefficient (Wildman–Crippen LogP) is -2.77. The largest absolute Gasteiger partial charge is 0.491 e. The van der Waals surface area contributed by atoms with Crippen molar-refractivity contribution in [3.63, 3.8) is 0 Å². The average Bonchev–Trinajstić information content (AvgIpc) is 2.43. The van der Waals surface area contributed by atoms with E-state index in [0.717, 1.165) is 0 Å². The summed E-state index contributed by atoms with van der Waals surface area (Å²) in [6.45, 7) is 0. The summed E-state index contributed by atoms with van der Waals surface area (Å²) in [5, 5.41) is 20.1. The third-order valence-corrected chi connectivity index (χ3v) is 3.02. The monoisotopic (exact) mass is 284 g/mol. The van der Waals surface area contributed by atoms with Crippen LogP contribution >= 0.6 is 0 Å². The number of hydroxylamine groups is 2. The number of methoxy groups -OCH3 is 2. The van der Waals surface area contributed by atoms with Gasteiger partial charge in [0.25, 0.3) is 0 Å². The van der Waals surface area contributed by atoms with Gasteiger partial charge in [-0.1, -0.05) is 0 Å². The standard InChI is InChI=1S/C10H16N6O4/c1-19-7-5(11)3-4(6(12)8(7)20-2)10(14)16(18)15(17)9(3)13/h17-18H,11-14H2,1-2H3. The van der Waals surface area contributed by atoms with Gasteiger partial charge in [0.15, 0.2) is 23.1 Å². The Morgan fingerprint density at radius 2 is 1.05 bits per heavy atom. The van der Waals surface area contributed by atoms with Gasteiger partial charge in [-0.3, -0.25) is 10.4 Å². The van der Waals surface area contributed by atoms with Crippen LogP contribution < -0.4 is 42.8 Å². The number of rotatable bonds is 2. The third-order valence-electron chi connectivity index (χ3n) is 3.02. The maximum Gasteiger partial charge on any atom is 0.186 e. The molecule has 0 radical (unpaired) electrons. The van der Waals surface area contributed by atoms with E-state index in [2.05, 4.69) is 0 Å². The molecule has 1 aromatic rings. The third kappa shape index (κ3) is 1.52. The van der Waals surface area contributed by atoms with E-state index >= 15 is 0 Å². The van der Waals surface area contributed by atoms with Crippen LogP contribution in [0.5, 0.6) is 11.5 Å². The van der Waals surface area contributed by atoms with E-state index in [1.54, 1.807) is 0 Å². The summed E-state index contributed by atoms with van der Waals surface area (Å²) in [5.74, 6) is -0.220. The Kier molecular flexibility index (Phi) is 3.04. The normalized spacial score (nSPS) is 14.4. The van der Waals surface area contributed by atoms with Crippen molar-refractivity contribution in [3.05, 3.63) is 10.4 Å². The van der Waals surface area contributed by atoms with Crippen molar-refractivity contribution in [1.82, 2.24) is 10.3 Å². The van der Waals surface area contributed by atoms with E-state index in [0.29, 0.717) is 0 Å². The number of fused-ring (bicyclic) bond motifs is 1. The number of hydrazine groups is 1. The predicted molar refractivity (Wildman–Crippen MR) is 70.1 cm³/mol. The zero-order valence-corrected chi connectivity index (χ0v) is 10.9. The summed E-state index contributed by atoms with van der Waals surface area (Å²) in [6, 6.07) is 0. The van der Waals surface area contributed by atoms with Gasteiger partial charge in [0.2, 0.25) is 0 Å². The van der Waals surface area contributed by atoms with Crippen LogP contribution in [0.1, 0.15) is 0 Å². The van der Waals surface area contributed by atoms with Gasteiger partial charge in [-0.25, -0.2) is 0 Å². The van der Waals surface area contributed by atoms with Gasteiger partial charge in [0.05, 0.1) is 36.0 Å². The van der Waals surface area contributed by atoms with Crippen molar-refractivity contribution in [2.75, 3.05) is 25.7 Å². The molecule has 0 bridgehead atoms. The zero-order chi connectivity index (χ0) is 15.2. The molecule has 10 nitrogen and oxygen atoms in total. The Morgan fingerprint density at radius 1 is 0.750 bits per heavy atom. The number of hydrogen-bond donors (Lipinski definition) is 6. The minimum atomic E-state index is -0.262. The highest BCUT2D eigenvalue weighted by Gasteiger charge is 2.27. The van der Waals surface area contributed by atoms with Crippen molar-refractivity contribution in [2.24, 2.45) is 11.5 Å². The fourth-order valence-electron chi connectivity index (χ4n) is 2.08. The zero-order valence-electron chi connectivity index (χ0n) is 10.9. The van der Waals surface area contributed by atoms with Crippen LogP contribution in [-0.4, -0.2) is 35.0 Å². The van der Waals surface area contributed by atoms with E-state index in [4.69, 9.17) is 32.4 Å². The first-order valence-electron chi connectivity index (χ1n) is 5.43. The van der Waals surface area contributed by atoms with Crippen molar-refractivity contribution < 1.29 is 19.9 Å². The van der Waals surface area contributed by atoms with Gasteiger partial charge in [-0.15, -0.1) is 10.3 Å². The van der Waals surface area contributed by atoms with Crippen molar-refractivity contribution in [1.29, 1.82) is 0 Å². The lowest BCUT2D eigenvalue weighted by Crippen LogP contribution is -2.54. The van der Waals surface area contributed by atoms with Crippen LogP contribution in [0.3, 0.4) is 0 Å². The second kappa shape index (κ2) is 4.43. The van der Waals surface area contributed by atoms with Crippen LogP contribution in [0.2, 0.25) is 0 Å². The maximum atomic E-state index is 9.65. The second-order valence-corrected chi connectivity index (χ2v) is 3.99. The lowest BCUT2D eigenvalue weighted by molar-refractivity contribution is -0.299. The lowest BCUT2D eigenvalue weighted by Gasteiger charge is -2.30. The molecule has 0 spiro atoms. The molecule has 10 N–H and O–H groups in total. The Bertz CT molecular complexity index is 629. The summed E-state index contributed by atoms with van der Waals surface area (Å²) < 4.78 is 10.3. The van der Waals surface area contributed by atoms with E-state index < -0.39 is 0 Å². The highest BCUT2D eigenvalue weighted by Crippen LogP contribution is 2.34. The van der Waals surface area contributed by atoms with Gasteiger partial charge in [0.1, 0.15) is 0 Å². The first-order valence-corrected chi connectivity index (χ1v) is 5.43. The van der Waals surface area contributed by atoms with E-state index in [9.17, 15) is 10.4 Å². The molecule has 1 aliphatic rings. The van der Waals surface area contributed by atoms with Crippen LogP contribution in [0.25, 0.3) is 11.6 Å². The molecule has 1 aliphatic heterocycles. The van der Waals surface area contributed by atoms with Gasteiger partial charge >= 0.3 is 0 Å². The van der Waals surface area contributed by atoms with Crippen LogP contribution in [-0.2, 0) is 0 Å². The molecule has 0 fully saturated rings. The molecule has 1 heterocycles. The molecule has 20 heavy (non-hydrogen) atoms. The van der Waals surface area contributed by atoms with Crippen LogP contribution in [0.4, 0.5) is 11.4 Å². The van der Waals surface area contributed by atoms with Crippen LogP contribution in [0, 0.1) is 0 Å². The Morgan fingerprint density at radius 3 is 1.30 bits per heavy atom. The number of nitrogen functional groups attached to an aromatic ring is 2. The van der Waals surface area contributed by atoms with Gasteiger partial charge < -0.3 is 32.4 Å². The molecule has 0 unspecified atom stereocenters. The number of anilines is 2. The molecule has 0 aliphatic carbocycles. The molecular weight excluding hydrogens is 268 g/mol. The molecule has 0 aromatic heterocycles. The highest BCUT2D eigenvalue weighted by molar-refractivity contribution is 5.77. The smallest absolute Gasteiger partial charge is 0.186 e. The minimum Gasteiger partial charge on any atom is -0.491 e. The number of ether oxygens (including phenoxy) is 2. The SMILES string of the molecule is COc1c(OC)c(N)c2c(c1N)=C(N)N(O)N(O)C=2N. The fraction of sp³-hybridized carbons (Fsp3) is 0.200. The van der Waals surface area contributed by atoms with Gasteiger partial charge in [-0.2, -0.15) is 0 Å². The number of nitrogens with zero attached hydrogens (tertiary/aromatic N) is 2. The van der Waals surface area contributed by atoms with Crippen LogP contribution in [0.15, 0.2) is 0 Å². The summed E-state index contributed by atoms with van der Waals surface area (Å²) in [4.78, 5) is 0. The highest BCUT2D eigenvalue weighted by atomic mass is 16.7. The molecule has 0 amide bonds. The first kappa shape index (κ1) is 13.7.